The van der Waals surface area contributed by atoms with Crippen LogP contribution in [0.2, 0.25) is 0 Å². The molecule has 1 aromatic carbocycles. The predicted octanol–water partition coefficient (Wildman–Crippen LogP) is 2.36. The topological polar surface area (TPSA) is 74.8 Å². The summed E-state index contributed by atoms with van der Waals surface area (Å²) in [6, 6.07) is 6.00. The van der Waals surface area contributed by atoms with Gasteiger partial charge in [0.25, 0.3) is 0 Å². The first-order chi connectivity index (χ1) is 11.4. The number of halogens is 2. The first kappa shape index (κ1) is 21.6. The lowest BCUT2D eigenvalue weighted by atomic mass is 9.64. The number of anilines is 1. The van der Waals surface area contributed by atoms with Gasteiger partial charge in [-0.1, -0.05) is 19.9 Å². The van der Waals surface area contributed by atoms with E-state index in [0.29, 0.717) is 11.6 Å². The maximum absolute atomic E-state index is 13.1. The van der Waals surface area contributed by atoms with E-state index in [9.17, 15) is 9.18 Å². The van der Waals surface area contributed by atoms with E-state index in [0.717, 1.165) is 6.42 Å². The molecule has 8 heteroatoms. The van der Waals surface area contributed by atoms with E-state index in [4.69, 9.17) is 4.74 Å². The van der Waals surface area contributed by atoms with E-state index in [1.54, 1.807) is 26.3 Å². The van der Waals surface area contributed by atoms with Gasteiger partial charge < -0.3 is 20.7 Å². The molecule has 2 atom stereocenters. The minimum absolute atomic E-state index is 0. The number of aliphatic imine (C=N–C) groups is 1. The Bertz CT molecular complexity index is 624. The van der Waals surface area contributed by atoms with Crippen LogP contribution in [0.25, 0.3) is 0 Å². The number of nitrogens with one attached hydrogen (secondary N) is 3. The summed E-state index contributed by atoms with van der Waals surface area (Å²) in [5.74, 6) is -0.110. The number of carbonyl (C=O) groups excluding carboxylic acids is 1. The Hall–Kier alpha value is -1.42. The number of methoxy groups -OCH3 is 1. The zero-order valence-electron chi connectivity index (χ0n) is 14.9. The van der Waals surface area contributed by atoms with Gasteiger partial charge in [0.15, 0.2) is 5.96 Å². The number of hydrogen-bond donors (Lipinski definition) is 3. The largest absolute Gasteiger partial charge is 0.381 e. The van der Waals surface area contributed by atoms with Gasteiger partial charge >= 0.3 is 0 Å². The van der Waals surface area contributed by atoms with Crippen molar-refractivity contribution in [3.63, 3.8) is 0 Å². The van der Waals surface area contributed by atoms with Gasteiger partial charge in [0.2, 0.25) is 5.91 Å². The molecule has 6 nitrogen and oxygen atoms in total. The summed E-state index contributed by atoms with van der Waals surface area (Å²) in [7, 11) is 3.37. The first-order valence-electron chi connectivity index (χ1n) is 7.92. The van der Waals surface area contributed by atoms with E-state index in [1.807, 2.05) is 0 Å². The quantitative estimate of drug-likeness (QED) is 0.356. The van der Waals surface area contributed by atoms with Crippen molar-refractivity contribution in [2.75, 3.05) is 26.0 Å². The van der Waals surface area contributed by atoms with Crippen LogP contribution in [0.3, 0.4) is 0 Å². The third-order valence-electron chi connectivity index (χ3n) is 4.52. The molecule has 2 unspecified atom stereocenters. The van der Waals surface area contributed by atoms with Gasteiger partial charge in [-0.25, -0.2) is 4.39 Å². The molecule has 3 N–H and O–H groups in total. The van der Waals surface area contributed by atoms with Gasteiger partial charge in [0, 0.05) is 31.3 Å². The van der Waals surface area contributed by atoms with Crippen molar-refractivity contribution in [3.8, 4) is 0 Å². The van der Waals surface area contributed by atoms with Crippen molar-refractivity contribution in [2.24, 2.45) is 10.4 Å². The minimum atomic E-state index is -0.391. The molecule has 0 radical (unpaired) electrons. The van der Waals surface area contributed by atoms with Gasteiger partial charge in [-0.05, 0) is 24.6 Å². The van der Waals surface area contributed by atoms with Crippen LogP contribution in [0, 0.1) is 11.2 Å². The summed E-state index contributed by atoms with van der Waals surface area (Å²) < 4.78 is 18.5. The molecule has 0 saturated heterocycles. The normalized spacial score (nSPS) is 21.6. The maximum Gasteiger partial charge on any atom is 0.243 e. The summed E-state index contributed by atoms with van der Waals surface area (Å²) in [5.41, 5.74) is 0.420. The van der Waals surface area contributed by atoms with Crippen LogP contribution in [0.5, 0.6) is 0 Å². The molecule has 1 saturated carbocycles. The fourth-order valence-corrected chi connectivity index (χ4v) is 2.83. The lowest BCUT2D eigenvalue weighted by Crippen LogP contribution is -2.63. The SMILES string of the molecule is CN=C(NCC(=O)Nc1cccc(F)c1)NC1CC(OC)C1(C)C.I. The van der Waals surface area contributed by atoms with Gasteiger partial charge in [0.1, 0.15) is 5.82 Å². The molecule has 0 aromatic heterocycles. The third-order valence-corrected chi connectivity index (χ3v) is 4.52. The maximum atomic E-state index is 13.1. The fourth-order valence-electron chi connectivity index (χ4n) is 2.83. The van der Waals surface area contributed by atoms with E-state index in [-0.39, 0.29) is 54.0 Å². The summed E-state index contributed by atoms with van der Waals surface area (Å²) in [6.45, 7) is 4.30. The Morgan fingerprint density at radius 2 is 2.16 bits per heavy atom. The van der Waals surface area contributed by atoms with E-state index in [2.05, 4.69) is 34.8 Å². The summed E-state index contributed by atoms with van der Waals surface area (Å²) in [5, 5.41) is 8.90. The highest BCUT2D eigenvalue weighted by atomic mass is 127. The third kappa shape index (κ3) is 5.53. The molecule has 1 fully saturated rings. The summed E-state index contributed by atoms with van der Waals surface area (Å²) in [4.78, 5) is 16.1. The highest BCUT2D eigenvalue weighted by Gasteiger charge is 2.48. The van der Waals surface area contributed by atoms with E-state index in [1.165, 1.54) is 12.1 Å². The average molecular weight is 464 g/mol. The highest BCUT2D eigenvalue weighted by Crippen LogP contribution is 2.42. The van der Waals surface area contributed by atoms with Crippen LogP contribution in [0.4, 0.5) is 10.1 Å². The number of hydrogen-bond acceptors (Lipinski definition) is 3. The van der Waals surface area contributed by atoms with Crippen molar-refractivity contribution in [1.29, 1.82) is 0 Å². The van der Waals surface area contributed by atoms with Gasteiger partial charge in [-0.2, -0.15) is 0 Å². The second kappa shape index (κ2) is 9.33. The van der Waals surface area contributed by atoms with Crippen LogP contribution >= 0.6 is 24.0 Å². The number of carbonyl (C=O) groups is 1. The molecule has 1 aromatic rings. The lowest BCUT2D eigenvalue weighted by molar-refractivity contribution is -0.115. The molecule has 2 rings (SSSR count). The molecule has 1 aliphatic carbocycles. The van der Waals surface area contributed by atoms with Gasteiger partial charge in [0.05, 0.1) is 12.6 Å². The number of nitrogens with zero attached hydrogens (tertiary/aromatic N) is 1. The van der Waals surface area contributed by atoms with Crippen LogP contribution in [0.1, 0.15) is 20.3 Å². The Kier molecular flexibility index (Phi) is 8.07. The van der Waals surface area contributed by atoms with Crippen molar-refractivity contribution in [2.45, 2.75) is 32.4 Å². The molecule has 0 bridgehead atoms. The molecule has 0 spiro atoms. The Morgan fingerprint density at radius 3 is 2.72 bits per heavy atom. The zero-order valence-corrected chi connectivity index (χ0v) is 17.3. The standard InChI is InChI=1S/C17H25FN4O2.HI/c1-17(2)13(9-14(17)24-4)22-16(19-3)20-10-15(23)21-12-7-5-6-11(18)8-12;/h5-8,13-14H,9-10H2,1-4H3,(H,21,23)(H2,19,20,22);1H. The lowest BCUT2D eigenvalue weighted by Gasteiger charge is -2.51. The molecule has 25 heavy (non-hydrogen) atoms. The summed E-state index contributed by atoms with van der Waals surface area (Å²) in [6.07, 6.45) is 1.10. The molecule has 140 valence electrons. The number of ether oxygens (including phenoxy) is 1. The van der Waals surface area contributed by atoms with Crippen LogP contribution in [0.15, 0.2) is 29.3 Å². The van der Waals surface area contributed by atoms with Crippen LogP contribution in [-0.4, -0.2) is 44.7 Å². The number of benzene rings is 1. The fraction of sp³-hybridized carbons (Fsp3) is 0.529. The highest BCUT2D eigenvalue weighted by molar-refractivity contribution is 14.0. The molecule has 0 aliphatic heterocycles. The predicted molar refractivity (Wildman–Crippen MR) is 108 cm³/mol. The van der Waals surface area contributed by atoms with E-state index >= 15 is 0 Å². The van der Waals surface area contributed by atoms with Crippen molar-refractivity contribution >= 4 is 41.5 Å². The average Bonchev–Trinajstić information content (AvgIpc) is 2.53. The van der Waals surface area contributed by atoms with E-state index < -0.39 is 5.82 Å². The zero-order chi connectivity index (χ0) is 17.7. The Labute approximate surface area is 165 Å². The number of guanidine groups is 1. The second-order valence-corrected chi connectivity index (χ2v) is 6.46. The number of rotatable bonds is 5. The molecule has 1 aliphatic rings. The van der Waals surface area contributed by atoms with Crippen molar-refractivity contribution in [1.82, 2.24) is 10.6 Å². The van der Waals surface area contributed by atoms with Crippen molar-refractivity contribution < 1.29 is 13.9 Å². The number of amides is 1. The summed E-state index contributed by atoms with van der Waals surface area (Å²) >= 11 is 0. The second-order valence-electron chi connectivity index (χ2n) is 6.46. The first-order valence-corrected chi connectivity index (χ1v) is 7.92. The van der Waals surface area contributed by atoms with Gasteiger partial charge in [-0.3, -0.25) is 9.79 Å². The van der Waals surface area contributed by atoms with Gasteiger partial charge in [-0.15, -0.1) is 24.0 Å². The monoisotopic (exact) mass is 464 g/mol. The smallest absolute Gasteiger partial charge is 0.243 e. The Balaban J connectivity index is 0.00000312. The van der Waals surface area contributed by atoms with Crippen LogP contribution < -0.4 is 16.0 Å². The molecular formula is C17H26FIN4O2. The molecule has 0 heterocycles. The molecular weight excluding hydrogens is 438 g/mol. The van der Waals surface area contributed by atoms with Crippen molar-refractivity contribution in [3.05, 3.63) is 30.1 Å². The van der Waals surface area contributed by atoms with Crippen LogP contribution in [-0.2, 0) is 9.53 Å². The molecule has 1 amide bonds. The Morgan fingerprint density at radius 1 is 1.44 bits per heavy atom. The minimum Gasteiger partial charge on any atom is -0.381 e.